The highest BCUT2D eigenvalue weighted by atomic mass is 19.4. The zero-order chi connectivity index (χ0) is 14.6. The summed E-state index contributed by atoms with van der Waals surface area (Å²) in [7, 11) is 0. The Hall–Kier alpha value is -1.52. The van der Waals surface area contributed by atoms with E-state index in [1.54, 1.807) is 0 Å². The molecular formula is C14H18F3NO. The summed E-state index contributed by atoms with van der Waals surface area (Å²) >= 11 is 0. The lowest BCUT2D eigenvalue weighted by molar-refractivity contribution is -0.138. The Kier molecular flexibility index (Phi) is 4.97. The second kappa shape index (κ2) is 6.08. The Labute approximate surface area is 111 Å². The van der Waals surface area contributed by atoms with Gasteiger partial charge in [0.25, 0.3) is 0 Å². The van der Waals surface area contributed by atoms with Crippen molar-refractivity contribution in [3.05, 3.63) is 29.3 Å². The first-order chi connectivity index (χ1) is 8.70. The Balaban J connectivity index is 2.78. The second-order valence-electron chi connectivity index (χ2n) is 5.01. The first-order valence-electron chi connectivity index (χ1n) is 6.18. The molecule has 0 fully saturated rings. The van der Waals surface area contributed by atoms with Gasteiger partial charge in [0.2, 0.25) is 5.91 Å². The van der Waals surface area contributed by atoms with Crippen molar-refractivity contribution in [3.8, 4) is 0 Å². The first kappa shape index (κ1) is 15.5. The molecule has 0 saturated heterocycles. The molecule has 1 rings (SSSR count). The zero-order valence-electron chi connectivity index (χ0n) is 11.3. The van der Waals surface area contributed by atoms with Crippen LogP contribution in [0.15, 0.2) is 18.2 Å². The number of carbonyl (C=O) groups is 1. The Morgan fingerprint density at radius 1 is 1.32 bits per heavy atom. The average molecular weight is 273 g/mol. The van der Waals surface area contributed by atoms with E-state index in [2.05, 4.69) is 5.32 Å². The van der Waals surface area contributed by atoms with E-state index < -0.39 is 11.7 Å². The van der Waals surface area contributed by atoms with Crippen molar-refractivity contribution >= 4 is 11.6 Å². The molecule has 0 aliphatic heterocycles. The quantitative estimate of drug-likeness (QED) is 0.866. The highest BCUT2D eigenvalue weighted by molar-refractivity contribution is 5.90. The molecule has 0 aliphatic carbocycles. The van der Waals surface area contributed by atoms with Crippen molar-refractivity contribution in [3.63, 3.8) is 0 Å². The van der Waals surface area contributed by atoms with Gasteiger partial charge in [-0.2, -0.15) is 13.2 Å². The van der Waals surface area contributed by atoms with Gasteiger partial charge < -0.3 is 5.32 Å². The normalized spacial score (nSPS) is 11.7. The van der Waals surface area contributed by atoms with Gasteiger partial charge in [-0.1, -0.05) is 19.9 Å². The lowest BCUT2D eigenvalue weighted by Crippen LogP contribution is -2.14. The van der Waals surface area contributed by atoms with Crippen molar-refractivity contribution in [2.75, 3.05) is 5.32 Å². The molecule has 5 heteroatoms. The van der Waals surface area contributed by atoms with Gasteiger partial charge in [0.1, 0.15) is 0 Å². The number of aryl methyl sites for hydroxylation is 1. The van der Waals surface area contributed by atoms with Crippen molar-refractivity contribution in [2.24, 2.45) is 5.92 Å². The van der Waals surface area contributed by atoms with Gasteiger partial charge in [-0.05, 0) is 37.0 Å². The Morgan fingerprint density at radius 3 is 2.47 bits per heavy atom. The summed E-state index contributed by atoms with van der Waals surface area (Å²) < 4.78 is 38.1. The fourth-order valence-corrected chi connectivity index (χ4v) is 1.65. The summed E-state index contributed by atoms with van der Waals surface area (Å²) in [5.41, 5.74) is -0.381. The second-order valence-corrected chi connectivity index (χ2v) is 5.01. The molecule has 2 nitrogen and oxygen atoms in total. The van der Waals surface area contributed by atoms with E-state index in [4.69, 9.17) is 0 Å². The van der Waals surface area contributed by atoms with Gasteiger partial charge >= 0.3 is 6.18 Å². The number of benzene rings is 1. The number of alkyl halides is 3. The molecular weight excluding hydrogens is 255 g/mol. The van der Waals surface area contributed by atoms with Crippen molar-refractivity contribution in [1.29, 1.82) is 0 Å². The molecule has 0 aliphatic rings. The van der Waals surface area contributed by atoms with Gasteiger partial charge in [0, 0.05) is 12.1 Å². The number of nitrogens with one attached hydrogen (secondary N) is 1. The molecule has 1 aromatic carbocycles. The topological polar surface area (TPSA) is 29.1 Å². The molecule has 0 radical (unpaired) electrons. The van der Waals surface area contributed by atoms with Gasteiger partial charge in [0.15, 0.2) is 0 Å². The van der Waals surface area contributed by atoms with Crippen LogP contribution in [0, 0.1) is 12.8 Å². The monoisotopic (exact) mass is 273 g/mol. The number of rotatable bonds is 4. The molecule has 1 amide bonds. The summed E-state index contributed by atoms with van der Waals surface area (Å²) in [6.07, 6.45) is -3.38. The van der Waals surface area contributed by atoms with Gasteiger partial charge in [-0.15, -0.1) is 0 Å². The molecule has 0 unspecified atom stereocenters. The molecule has 0 saturated carbocycles. The predicted molar refractivity (Wildman–Crippen MR) is 68.9 cm³/mol. The van der Waals surface area contributed by atoms with E-state index in [-0.39, 0.29) is 17.2 Å². The molecule has 0 atom stereocenters. The maximum Gasteiger partial charge on any atom is 0.416 e. The first-order valence-corrected chi connectivity index (χ1v) is 6.18. The van der Waals surface area contributed by atoms with Crippen molar-refractivity contribution in [1.82, 2.24) is 0 Å². The summed E-state index contributed by atoms with van der Waals surface area (Å²) in [5, 5.41) is 2.50. The highest BCUT2D eigenvalue weighted by Gasteiger charge is 2.32. The minimum atomic E-state index is -4.40. The third kappa shape index (κ3) is 4.93. The number of hydrogen-bond acceptors (Lipinski definition) is 1. The average Bonchev–Trinajstić information content (AvgIpc) is 2.27. The summed E-state index contributed by atoms with van der Waals surface area (Å²) in [4.78, 5) is 11.6. The molecule has 0 heterocycles. The van der Waals surface area contributed by atoms with Crippen LogP contribution in [-0.4, -0.2) is 5.91 Å². The zero-order valence-corrected chi connectivity index (χ0v) is 11.3. The third-order valence-corrected chi connectivity index (χ3v) is 2.78. The van der Waals surface area contributed by atoms with E-state index in [1.165, 1.54) is 19.1 Å². The lowest BCUT2D eigenvalue weighted by Gasteiger charge is -2.13. The number of hydrogen-bond donors (Lipinski definition) is 1. The predicted octanol–water partition coefficient (Wildman–Crippen LogP) is 4.39. The van der Waals surface area contributed by atoms with Crippen LogP contribution in [0.1, 0.15) is 37.8 Å². The SMILES string of the molecule is Cc1ccc(NC(=O)CCC(C)C)cc1C(F)(F)F. The Morgan fingerprint density at radius 2 is 1.95 bits per heavy atom. The number of halogens is 3. The number of carbonyl (C=O) groups excluding carboxylic acids is 1. The molecule has 19 heavy (non-hydrogen) atoms. The molecule has 1 N–H and O–H groups in total. The lowest BCUT2D eigenvalue weighted by atomic mass is 10.1. The largest absolute Gasteiger partial charge is 0.416 e. The third-order valence-electron chi connectivity index (χ3n) is 2.78. The van der Waals surface area contributed by atoms with Gasteiger partial charge in [-0.25, -0.2) is 0 Å². The van der Waals surface area contributed by atoms with Crippen LogP contribution in [0.4, 0.5) is 18.9 Å². The van der Waals surface area contributed by atoms with Crippen LogP contribution >= 0.6 is 0 Å². The van der Waals surface area contributed by atoms with Crippen LogP contribution in [-0.2, 0) is 11.0 Å². The van der Waals surface area contributed by atoms with E-state index >= 15 is 0 Å². The van der Waals surface area contributed by atoms with Crippen LogP contribution in [0.25, 0.3) is 0 Å². The summed E-state index contributed by atoms with van der Waals surface area (Å²) in [6.45, 7) is 5.37. The van der Waals surface area contributed by atoms with E-state index in [0.29, 0.717) is 18.8 Å². The maximum atomic E-state index is 12.7. The maximum absolute atomic E-state index is 12.7. The van der Waals surface area contributed by atoms with Crippen molar-refractivity contribution in [2.45, 2.75) is 39.8 Å². The van der Waals surface area contributed by atoms with Crippen LogP contribution in [0.2, 0.25) is 0 Å². The number of anilines is 1. The highest BCUT2D eigenvalue weighted by Crippen LogP contribution is 2.33. The van der Waals surface area contributed by atoms with E-state index in [1.807, 2.05) is 13.8 Å². The van der Waals surface area contributed by atoms with Crippen molar-refractivity contribution < 1.29 is 18.0 Å². The van der Waals surface area contributed by atoms with Crippen LogP contribution in [0.3, 0.4) is 0 Å². The minimum absolute atomic E-state index is 0.146. The minimum Gasteiger partial charge on any atom is -0.326 e. The van der Waals surface area contributed by atoms with E-state index in [9.17, 15) is 18.0 Å². The summed E-state index contributed by atoms with van der Waals surface area (Å²) in [5.74, 6) is 0.125. The smallest absolute Gasteiger partial charge is 0.326 e. The number of amides is 1. The van der Waals surface area contributed by atoms with Gasteiger partial charge in [-0.3, -0.25) is 4.79 Å². The Bertz CT molecular complexity index is 452. The summed E-state index contributed by atoms with van der Waals surface area (Å²) in [6, 6.07) is 3.82. The van der Waals surface area contributed by atoms with Gasteiger partial charge in [0.05, 0.1) is 5.56 Å². The molecule has 106 valence electrons. The standard InChI is InChI=1S/C14H18F3NO/c1-9(2)4-7-13(19)18-11-6-5-10(3)12(8-11)14(15,16)17/h5-6,8-9H,4,7H2,1-3H3,(H,18,19). The molecule has 1 aromatic rings. The molecule has 0 bridgehead atoms. The van der Waals surface area contributed by atoms with Crippen LogP contribution in [0.5, 0.6) is 0 Å². The van der Waals surface area contributed by atoms with Crippen LogP contribution < -0.4 is 5.32 Å². The fraction of sp³-hybridized carbons (Fsp3) is 0.500. The molecule has 0 aromatic heterocycles. The van der Waals surface area contributed by atoms with E-state index in [0.717, 1.165) is 6.07 Å². The molecule has 0 spiro atoms. The fourth-order valence-electron chi connectivity index (χ4n) is 1.65.